The predicted octanol–water partition coefficient (Wildman–Crippen LogP) is 2.68. The Labute approximate surface area is 120 Å². The highest BCUT2D eigenvalue weighted by molar-refractivity contribution is 5.44. The first kappa shape index (κ1) is 13.7. The number of ether oxygens (including phenoxy) is 3. The van der Waals surface area contributed by atoms with Crippen LogP contribution in [0.15, 0.2) is 18.2 Å². The lowest BCUT2D eigenvalue weighted by atomic mass is 9.96. The molecular formula is C16H23NO3. The number of rotatable bonds is 3. The summed E-state index contributed by atoms with van der Waals surface area (Å²) in [5, 5.41) is 3.49. The van der Waals surface area contributed by atoms with Gasteiger partial charge in [0.25, 0.3) is 0 Å². The summed E-state index contributed by atoms with van der Waals surface area (Å²) in [6.45, 7) is 7.40. The van der Waals surface area contributed by atoms with Gasteiger partial charge in [0.1, 0.15) is 13.2 Å². The molecule has 110 valence electrons. The van der Waals surface area contributed by atoms with E-state index in [1.807, 2.05) is 6.07 Å². The van der Waals surface area contributed by atoms with Crippen LogP contribution in [-0.4, -0.2) is 31.9 Å². The van der Waals surface area contributed by atoms with Crippen LogP contribution in [0.3, 0.4) is 0 Å². The van der Waals surface area contributed by atoms with Gasteiger partial charge in [-0.05, 0) is 31.0 Å². The van der Waals surface area contributed by atoms with Crippen molar-refractivity contribution in [1.82, 2.24) is 5.32 Å². The van der Waals surface area contributed by atoms with Crippen LogP contribution in [0.25, 0.3) is 0 Å². The second-order valence-electron chi connectivity index (χ2n) is 5.84. The molecule has 2 aliphatic rings. The molecule has 0 aromatic heterocycles. The van der Waals surface area contributed by atoms with Crippen molar-refractivity contribution in [3.05, 3.63) is 23.8 Å². The minimum absolute atomic E-state index is 0.0784. The van der Waals surface area contributed by atoms with Gasteiger partial charge in [0.15, 0.2) is 11.5 Å². The summed E-state index contributed by atoms with van der Waals surface area (Å²) in [6.07, 6.45) is 2.28. The molecule has 2 atom stereocenters. The van der Waals surface area contributed by atoms with Crippen molar-refractivity contribution in [2.45, 2.75) is 38.4 Å². The van der Waals surface area contributed by atoms with Gasteiger partial charge < -0.3 is 19.5 Å². The Bertz CT molecular complexity index is 473. The zero-order valence-electron chi connectivity index (χ0n) is 12.3. The van der Waals surface area contributed by atoms with E-state index in [1.165, 1.54) is 0 Å². The molecule has 3 rings (SSSR count). The van der Waals surface area contributed by atoms with E-state index in [0.717, 1.165) is 43.0 Å². The molecule has 0 spiro atoms. The van der Waals surface area contributed by atoms with Crippen molar-refractivity contribution in [2.75, 3.05) is 26.3 Å². The molecule has 1 aromatic rings. The van der Waals surface area contributed by atoms with Gasteiger partial charge in [-0.25, -0.2) is 0 Å². The third-order valence-corrected chi connectivity index (χ3v) is 3.97. The number of benzene rings is 1. The van der Waals surface area contributed by atoms with Crippen LogP contribution in [0.2, 0.25) is 0 Å². The average Bonchev–Trinajstić information content (AvgIpc) is 2.47. The number of morpholine rings is 1. The lowest BCUT2D eigenvalue weighted by Gasteiger charge is -2.39. The fourth-order valence-corrected chi connectivity index (χ4v) is 3.02. The lowest BCUT2D eigenvalue weighted by molar-refractivity contribution is -0.112. The van der Waals surface area contributed by atoms with Gasteiger partial charge in [0, 0.05) is 13.1 Å². The van der Waals surface area contributed by atoms with Crippen molar-refractivity contribution in [1.29, 1.82) is 0 Å². The van der Waals surface area contributed by atoms with Crippen molar-refractivity contribution in [3.8, 4) is 11.5 Å². The standard InChI is InChI=1S/C16H23NO3/c1-3-6-16(2)11-17-10-15(20-16)12-4-5-13-14(9-12)19-8-7-18-13/h4-5,9,15,17H,3,6-8,10-11H2,1-2H3. The smallest absolute Gasteiger partial charge is 0.161 e. The van der Waals surface area contributed by atoms with Crippen LogP contribution in [0, 0.1) is 0 Å². The largest absolute Gasteiger partial charge is 0.486 e. The summed E-state index contributed by atoms with van der Waals surface area (Å²) in [5.74, 6) is 1.67. The topological polar surface area (TPSA) is 39.7 Å². The molecule has 20 heavy (non-hydrogen) atoms. The molecule has 0 amide bonds. The van der Waals surface area contributed by atoms with Gasteiger partial charge in [-0.2, -0.15) is 0 Å². The molecule has 2 unspecified atom stereocenters. The van der Waals surface area contributed by atoms with Crippen LogP contribution in [0.5, 0.6) is 11.5 Å². The van der Waals surface area contributed by atoms with Crippen LogP contribution < -0.4 is 14.8 Å². The molecule has 0 radical (unpaired) electrons. The zero-order valence-corrected chi connectivity index (χ0v) is 12.3. The average molecular weight is 277 g/mol. The quantitative estimate of drug-likeness (QED) is 0.922. The molecule has 0 saturated carbocycles. The fraction of sp³-hybridized carbons (Fsp3) is 0.625. The molecule has 2 heterocycles. The first-order chi connectivity index (χ1) is 9.70. The van der Waals surface area contributed by atoms with E-state index in [2.05, 4.69) is 31.3 Å². The highest BCUT2D eigenvalue weighted by Crippen LogP contribution is 2.36. The molecule has 4 heteroatoms. The van der Waals surface area contributed by atoms with Crippen LogP contribution in [-0.2, 0) is 4.74 Å². The minimum atomic E-state index is -0.0784. The van der Waals surface area contributed by atoms with E-state index >= 15 is 0 Å². The summed E-state index contributed by atoms with van der Waals surface area (Å²) in [5.41, 5.74) is 1.08. The zero-order chi connectivity index (χ0) is 14.0. The number of fused-ring (bicyclic) bond motifs is 1. The summed E-state index contributed by atoms with van der Waals surface area (Å²) in [4.78, 5) is 0. The van der Waals surface area contributed by atoms with E-state index in [0.29, 0.717) is 13.2 Å². The molecular weight excluding hydrogens is 254 g/mol. The van der Waals surface area contributed by atoms with Gasteiger partial charge in [-0.3, -0.25) is 0 Å². The monoisotopic (exact) mass is 277 g/mol. The summed E-state index contributed by atoms with van der Waals surface area (Å²) in [6, 6.07) is 6.12. The molecule has 4 nitrogen and oxygen atoms in total. The van der Waals surface area contributed by atoms with E-state index < -0.39 is 0 Å². The summed E-state index contributed by atoms with van der Waals surface area (Å²) >= 11 is 0. The van der Waals surface area contributed by atoms with Crippen LogP contribution in [0.1, 0.15) is 38.4 Å². The molecule has 0 aliphatic carbocycles. The highest BCUT2D eigenvalue weighted by atomic mass is 16.6. The Balaban J connectivity index is 1.78. The molecule has 2 aliphatic heterocycles. The Morgan fingerprint density at radius 1 is 1.25 bits per heavy atom. The molecule has 0 bridgehead atoms. The molecule has 1 saturated heterocycles. The Morgan fingerprint density at radius 3 is 2.85 bits per heavy atom. The predicted molar refractivity (Wildman–Crippen MR) is 77.4 cm³/mol. The van der Waals surface area contributed by atoms with E-state index in [-0.39, 0.29) is 11.7 Å². The maximum atomic E-state index is 6.33. The maximum absolute atomic E-state index is 6.33. The molecule has 1 aromatic carbocycles. The first-order valence-electron chi connectivity index (χ1n) is 7.48. The second-order valence-corrected chi connectivity index (χ2v) is 5.84. The normalized spacial score (nSPS) is 29.2. The van der Waals surface area contributed by atoms with E-state index in [9.17, 15) is 0 Å². The minimum Gasteiger partial charge on any atom is -0.486 e. The number of nitrogens with one attached hydrogen (secondary N) is 1. The first-order valence-corrected chi connectivity index (χ1v) is 7.48. The van der Waals surface area contributed by atoms with Crippen molar-refractivity contribution in [2.24, 2.45) is 0 Å². The fourth-order valence-electron chi connectivity index (χ4n) is 3.02. The molecule has 1 fully saturated rings. The third-order valence-electron chi connectivity index (χ3n) is 3.97. The molecule has 1 N–H and O–H groups in total. The highest BCUT2D eigenvalue weighted by Gasteiger charge is 2.33. The van der Waals surface area contributed by atoms with Gasteiger partial charge >= 0.3 is 0 Å². The van der Waals surface area contributed by atoms with Gasteiger partial charge in [-0.1, -0.05) is 19.4 Å². The Hall–Kier alpha value is -1.26. The maximum Gasteiger partial charge on any atom is 0.161 e. The van der Waals surface area contributed by atoms with Crippen LogP contribution in [0.4, 0.5) is 0 Å². The van der Waals surface area contributed by atoms with E-state index in [1.54, 1.807) is 0 Å². The Morgan fingerprint density at radius 2 is 2.05 bits per heavy atom. The second kappa shape index (κ2) is 5.62. The lowest BCUT2D eigenvalue weighted by Crippen LogP contribution is -2.48. The Kier molecular flexibility index (Phi) is 3.85. The van der Waals surface area contributed by atoms with Gasteiger partial charge in [-0.15, -0.1) is 0 Å². The van der Waals surface area contributed by atoms with Crippen molar-refractivity contribution in [3.63, 3.8) is 0 Å². The summed E-state index contributed by atoms with van der Waals surface area (Å²) < 4.78 is 17.5. The van der Waals surface area contributed by atoms with Crippen LogP contribution >= 0.6 is 0 Å². The third kappa shape index (κ3) is 2.76. The van der Waals surface area contributed by atoms with Crippen molar-refractivity contribution >= 4 is 0 Å². The SMILES string of the molecule is CCCC1(C)CNCC(c2ccc3c(c2)OCCO3)O1. The van der Waals surface area contributed by atoms with Crippen molar-refractivity contribution < 1.29 is 14.2 Å². The number of hydrogen-bond acceptors (Lipinski definition) is 4. The van der Waals surface area contributed by atoms with E-state index in [4.69, 9.17) is 14.2 Å². The van der Waals surface area contributed by atoms with Gasteiger partial charge in [0.2, 0.25) is 0 Å². The number of hydrogen-bond donors (Lipinski definition) is 1. The summed E-state index contributed by atoms with van der Waals surface area (Å²) in [7, 11) is 0. The van der Waals surface area contributed by atoms with Gasteiger partial charge in [0.05, 0.1) is 11.7 Å².